The molecule has 0 fully saturated rings. The number of carbonyl (C=O) groups is 1. The third-order valence-corrected chi connectivity index (χ3v) is 8.99. The zero-order valence-corrected chi connectivity index (χ0v) is 27.5. The minimum absolute atomic E-state index is 0.0704. The van der Waals surface area contributed by atoms with Gasteiger partial charge >= 0.3 is 0 Å². The molecule has 0 unspecified atom stereocenters. The van der Waals surface area contributed by atoms with Gasteiger partial charge in [0.15, 0.2) is 11.6 Å². The number of rotatable bonds is 13. The van der Waals surface area contributed by atoms with Crippen molar-refractivity contribution in [1.82, 2.24) is 5.32 Å². The van der Waals surface area contributed by atoms with Gasteiger partial charge in [-0.2, -0.15) is 0 Å². The summed E-state index contributed by atoms with van der Waals surface area (Å²) in [4.78, 5) is 19.6. The summed E-state index contributed by atoms with van der Waals surface area (Å²) in [5.74, 6) is 1.63. The summed E-state index contributed by atoms with van der Waals surface area (Å²) in [6.45, 7) is 0.917. The van der Waals surface area contributed by atoms with Gasteiger partial charge in [-0.25, -0.2) is 4.99 Å². The Morgan fingerprint density at radius 3 is 2.30 bits per heavy atom. The van der Waals surface area contributed by atoms with Gasteiger partial charge in [-0.3, -0.25) is 4.79 Å². The van der Waals surface area contributed by atoms with E-state index in [-0.39, 0.29) is 12.5 Å². The van der Waals surface area contributed by atoms with Crippen molar-refractivity contribution in [2.45, 2.75) is 30.9 Å². The van der Waals surface area contributed by atoms with E-state index >= 15 is 0 Å². The van der Waals surface area contributed by atoms with Gasteiger partial charge in [0, 0.05) is 46.1 Å². The summed E-state index contributed by atoms with van der Waals surface area (Å²) in [5.41, 5.74) is 2.28. The number of nitrogens with zero attached hydrogens (tertiary/aromatic N) is 1. The molecular weight excluding hydrogens is 688 g/mol. The second-order valence-corrected chi connectivity index (χ2v) is 12.1. The van der Waals surface area contributed by atoms with E-state index in [4.69, 9.17) is 24.3 Å². The summed E-state index contributed by atoms with van der Waals surface area (Å²) in [5, 5.41) is 12.2. The van der Waals surface area contributed by atoms with Crippen LogP contribution in [0.1, 0.15) is 34.8 Å². The van der Waals surface area contributed by atoms with Gasteiger partial charge in [-0.1, -0.05) is 80.4 Å². The van der Waals surface area contributed by atoms with Crippen molar-refractivity contribution in [2.75, 3.05) is 26.9 Å². The molecule has 0 saturated heterocycles. The van der Waals surface area contributed by atoms with Crippen molar-refractivity contribution >= 4 is 43.7 Å². The average molecular weight is 722 g/mol. The van der Waals surface area contributed by atoms with E-state index in [9.17, 15) is 4.79 Å². The SMILES string of the molecule is COc1ccc(CCNC(=O)[C@]2(Cc3ccccc3Br)N=C(c3ccc(OCCCO)cc3)O[C@@H]2c2ccccc2Br)cc1. The van der Waals surface area contributed by atoms with Crippen LogP contribution in [0, 0.1) is 0 Å². The fourth-order valence-corrected chi connectivity index (χ4v) is 6.06. The van der Waals surface area contributed by atoms with Gasteiger partial charge in [0.2, 0.25) is 5.90 Å². The van der Waals surface area contributed by atoms with Gasteiger partial charge in [-0.15, -0.1) is 0 Å². The molecule has 228 valence electrons. The molecule has 2 N–H and O–H groups in total. The number of ether oxygens (including phenoxy) is 3. The molecule has 0 radical (unpaired) electrons. The van der Waals surface area contributed by atoms with Crippen molar-refractivity contribution in [1.29, 1.82) is 0 Å². The van der Waals surface area contributed by atoms with Crippen molar-refractivity contribution in [3.8, 4) is 11.5 Å². The molecule has 0 aromatic heterocycles. The molecule has 0 saturated carbocycles. The van der Waals surface area contributed by atoms with Crippen molar-refractivity contribution in [3.05, 3.63) is 128 Å². The van der Waals surface area contributed by atoms with E-state index in [0.717, 1.165) is 36.9 Å². The highest BCUT2D eigenvalue weighted by atomic mass is 79.9. The maximum atomic E-state index is 14.5. The van der Waals surface area contributed by atoms with Crippen LogP contribution in [0.2, 0.25) is 0 Å². The maximum absolute atomic E-state index is 14.5. The Morgan fingerprint density at radius 2 is 1.61 bits per heavy atom. The zero-order valence-electron chi connectivity index (χ0n) is 24.3. The monoisotopic (exact) mass is 720 g/mol. The van der Waals surface area contributed by atoms with Crippen molar-refractivity contribution < 1.29 is 24.1 Å². The zero-order chi connectivity index (χ0) is 30.9. The number of aliphatic hydroxyl groups excluding tert-OH is 1. The number of carbonyl (C=O) groups excluding carboxylic acids is 1. The number of methoxy groups -OCH3 is 1. The van der Waals surface area contributed by atoms with Crippen LogP contribution in [0.25, 0.3) is 0 Å². The normalized spacial score (nSPS) is 17.5. The third kappa shape index (κ3) is 7.34. The molecule has 0 spiro atoms. The lowest BCUT2D eigenvalue weighted by molar-refractivity contribution is -0.128. The van der Waals surface area contributed by atoms with Crippen LogP contribution in [0.3, 0.4) is 0 Å². The molecule has 9 heteroatoms. The Labute approximate surface area is 274 Å². The summed E-state index contributed by atoms with van der Waals surface area (Å²) < 4.78 is 19.4. The molecule has 7 nitrogen and oxygen atoms in total. The number of hydrogen-bond donors (Lipinski definition) is 2. The predicted molar refractivity (Wildman–Crippen MR) is 178 cm³/mol. The number of benzene rings is 4. The van der Waals surface area contributed by atoms with Crippen LogP contribution < -0.4 is 14.8 Å². The van der Waals surface area contributed by atoms with E-state index < -0.39 is 11.6 Å². The molecule has 4 aromatic carbocycles. The topological polar surface area (TPSA) is 89.4 Å². The number of halogens is 2. The lowest BCUT2D eigenvalue weighted by atomic mass is 9.82. The minimum atomic E-state index is -1.31. The first kappa shape index (κ1) is 31.8. The molecule has 1 heterocycles. The second kappa shape index (κ2) is 14.9. The van der Waals surface area contributed by atoms with Gasteiger partial charge in [0.1, 0.15) is 11.5 Å². The highest BCUT2D eigenvalue weighted by molar-refractivity contribution is 9.10. The number of nitrogens with one attached hydrogen (secondary N) is 1. The summed E-state index contributed by atoms with van der Waals surface area (Å²) >= 11 is 7.39. The Kier molecular flexibility index (Phi) is 10.7. The quantitative estimate of drug-likeness (QED) is 0.148. The highest BCUT2D eigenvalue weighted by Crippen LogP contribution is 2.45. The fraction of sp³-hybridized carbons (Fsp3) is 0.257. The lowest BCUT2D eigenvalue weighted by Crippen LogP contribution is -2.50. The predicted octanol–water partition coefficient (Wildman–Crippen LogP) is 6.84. The first-order valence-electron chi connectivity index (χ1n) is 14.4. The largest absolute Gasteiger partial charge is 0.497 e. The first-order chi connectivity index (χ1) is 21.4. The van der Waals surface area contributed by atoms with Crippen LogP contribution >= 0.6 is 31.9 Å². The standard InChI is InChI=1S/C35H34Br2N2O5/c1-42-27-15-11-24(12-16-27)19-20-38-34(41)35(23-26-7-2-4-9-30(26)36)32(29-8-3-5-10-31(29)37)44-33(39-35)25-13-17-28(18-14-25)43-22-6-21-40/h2-5,7-18,32,40H,6,19-23H2,1H3,(H,38,41)/t32-,35-/m1/s1. The molecule has 1 aliphatic rings. The molecule has 0 aliphatic carbocycles. The molecular formula is C35H34Br2N2O5. The number of aliphatic hydroxyl groups is 1. The lowest BCUT2D eigenvalue weighted by Gasteiger charge is -2.31. The van der Waals surface area contributed by atoms with Crippen LogP contribution in [-0.2, 0) is 22.4 Å². The maximum Gasteiger partial charge on any atom is 0.252 e. The van der Waals surface area contributed by atoms with Crippen molar-refractivity contribution in [2.24, 2.45) is 4.99 Å². The smallest absolute Gasteiger partial charge is 0.252 e. The number of aliphatic imine (C=N–C) groups is 1. The Hall–Kier alpha value is -3.66. The molecule has 44 heavy (non-hydrogen) atoms. The summed E-state index contributed by atoms with van der Waals surface area (Å²) in [7, 11) is 1.64. The van der Waals surface area contributed by atoms with Gasteiger partial charge in [-0.05, 0) is 66.1 Å². The molecule has 1 amide bonds. The van der Waals surface area contributed by atoms with E-state index in [0.29, 0.717) is 44.1 Å². The number of hydrogen-bond acceptors (Lipinski definition) is 6. The van der Waals surface area contributed by atoms with Crippen LogP contribution in [0.4, 0.5) is 0 Å². The average Bonchev–Trinajstić information content (AvgIpc) is 3.43. The first-order valence-corrected chi connectivity index (χ1v) is 16.0. The Balaban J connectivity index is 1.51. The fourth-order valence-electron chi connectivity index (χ4n) is 5.14. The second-order valence-electron chi connectivity index (χ2n) is 10.4. The molecule has 0 bridgehead atoms. The van der Waals surface area contributed by atoms with Gasteiger partial charge in [0.05, 0.1) is 13.7 Å². The third-order valence-electron chi connectivity index (χ3n) is 7.49. The molecule has 2 atom stereocenters. The van der Waals surface area contributed by atoms with Crippen LogP contribution in [0.5, 0.6) is 11.5 Å². The Bertz CT molecular complexity index is 1590. The number of amides is 1. The van der Waals surface area contributed by atoms with E-state index in [1.807, 2.05) is 97.1 Å². The van der Waals surface area contributed by atoms with Crippen molar-refractivity contribution in [3.63, 3.8) is 0 Å². The van der Waals surface area contributed by atoms with Crippen LogP contribution in [-0.4, -0.2) is 49.3 Å². The van der Waals surface area contributed by atoms with Gasteiger partial charge < -0.3 is 24.6 Å². The Morgan fingerprint density at radius 1 is 0.932 bits per heavy atom. The van der Waals surface area contributed by atoms with E-state index in [2.05, 4.69) is 37.2 Å². The van der Waals surface area contributed by atoms with Crippen LogP contribution in [0.15, 0.2) is 111 Å². The molecule has 4 aromatic rings. The molecule has 5 rings (SSSR count). The highest BCUT2D eigenvalue weighted by Gasteiger charge is 2.54. The minimum Gasteiger partial charge on any atom is -0.497 e. The summed E-state index contributed by atoms with van der Waals surface area (Å²) in [6.07, 6.45) is 0.800. The van der Waals surface area contributed by atoms with E-state index in [1.165, 1.54) is 0 Å². The summed E-state index contributed by atoms with van der Waals surface area (Å²) in [6, 6.07) is 30.9. The van der Waals surface area contributed by atoms with E-state index in [1.54, 1.807) is 7.11 Å². The van der Waals surface area contributed by atoms with Gasteiger partial charge in [0.25, 0.3) is 5.91 Å². The molecule has 1 aliphatic heterocycles.